The Bertz CT molecular complexity index is 1100. The van der Waals surface area contributed by atoms with Gasteiger partial charge in [-0.05, 0) is 45.2 Å². The summed E-state index contributed by atoms with van der Waals surface area (Å²) >= 11 is 0. The lowest BCUT2D eigenvalue weighted by molar-refractivity contribution is -0.136. The lowest BCUT2D eigenvalue weighted by Crippen LogP contribution is -2.59. The Hall–Kier alpha value is -3.24. The summed E-state index contributed by atoms with van der Waals surface area (Å²) in [6, 6.07) is 7.63. The second kappa shape index (κ2) is 9.09. The van der Waals surface area contributed by atoms with E-state index < -0.39 is 30.5 Å². The number of hydrogen-bond donors (Lipinski definition) is 2. The van der Waals surface area contributed by atoms with Crippen molar-refractivity contribution in [2.45, 2.75) is 51.3 Å². The predicted octanol–water partition coefficient (Wildman–Crippen LogP) is 2.52. The molecule has 10 heteroatoms. The van der Waals surface area contributed by atoms with Gasteiger partial charge in [0.05, 0.1) is 24.0 Å². The van der Waals surface area contributed by atoms with Crippen molar-refractivity contribution in [3.05, 3.63) is 54.7 Å². The van der Waals surface area contributed by atoms with Crippen molar-refractivity contribution in [2.24, 2.45) is 0 Å². The molecule has 2 N–H and O–H groups in total. The minimum absolute atomic E-state index is 0.0716. The van der Waals surface area contributed by atoms with Crippen LogP contribution >= 0.6 is 0 Å². The van der Waals surface area contributed by atoms with Gasteiger partial charge in [0, 0.05) is 23.9 Å². The minimum Gasteiger partial charge on any atom is -0.464 e. The number of anilines is 1. The third-order valence-electron chi connectivity index (χ3n) is 5.24. The highest BCUT2D eigenvalue weighted by molar-refractivity contribution is 6.49. The zero-order valence-electron chi connectivity index (χ0n) is 18.2. The average molecular weight is 436 g/mol. The number of aromatic nitrogens is 2. The van der Waals surface area contributed by atoms with E-state index in [4.69, 9.17) is 13.7 Å². The van der Waals surface area contributed by atoms with E-state index in [2.05, 4.69) is 20.6 Å². The SMILES string of the molecule is CC1CC(C)(C)OB(C(Cc2coc3ccccc23)NC(=O)C(=O)Nc2cnccn2)O1. The van der Waals surface area contributed by atoms with Crippen LogP contribution in [0.5, 0.6) is 0 Å². The Kier molecular flexibility index (Phi) is 6.25. The normalized spacial score (nSPS) is 18.8. The summed E-state index contributed by atoms with van der Waals surface area (Å²) in [6.45, 7) is 5.92. The van der Waals surface area contributed by atoms with Gasteiger partial charge >= 0.3 is 18.9 Å². The lowest BCUT2D eigenvalue weighted by atomic mass is 9.71. The zero-order chi connectivity index (χ0) is 22.7. The molecule has 4 rings (SSSR count). The summed E-state index contributed by atoms with van der Waals surface area (Å²) in [4.78, 5) is 33.0. The van der Waals surface area contributed by atoms with Gasteiger partial charge in [0.25, 0.3) is 0 Å². The van der Waals surface area contributed by atoms with Crippen molar-refractivity contribution in [3.63, 3.8) is 0 Å². The molecule has 1 aliphatic rings. The molecule has 2 atom stereocenters. The van der Waals surface area contributed by atoms with Crippen LogP contribution in [0.4, 0.5) is 5.82 Å². The molecule has 1 saturated heterocycles. The van der Waals surface area contributed by atoms with E-state index in [0.717, 1.165) is 16.5 Å². The van der Waals surface area contributed by atoms with Crippen molar-refractivity contribution in [1.29, 1.82) is 0 Å². The first kappa shape index (κ1) is 22.0. The molecule has 32 heavy (non-hydrogen) atoms. The zero-order valence-corrected chi connectivity index (χ0v) is 18.2. The van der Waals surface area contributed by atoms with Gasteiger partial charge in [0.15, 0.2) is 5.82 Å². The van der Waals surface area contributed by atoms with Crippen LogP contribution in [-0.2, 0) is 25.3 Å². The summed E-state index contributed by atoms with van der Waals surface area (Å²) in [5.41, 5.74) is 1.18. The van der Waals surface area contributed by atoms with E-state index in [1.54, 1.807) is 6.26 Å². The van der Waals surface area contributed by atoms with E-state index in [1.807, 2.05) is 45.0 Å². The Morgan fingerprint density at radius 2 is 2.06 bits per heavy atom. The summed E-state index contributed by atoms with van der Waals surface area (Å²) in [6.07, 6.45) is 6.91. The molecule has 1 aliphatic heterocycles. The molecule has 0 spiro atoms. The fourth-order valence-electron chi connectivity index (χ4n) is 3.95. The molecular formula is C22H25BN4O5. The number of nitrogens with zero attached hydrogens (tertiary/aromatic N) is 2. The van der Waals surface area contributed by atoms with E-state index in [9.17, 15) is 9.59 Å². The molecule has 9 nitrogen and oxygen atoms in total. The van der Waals surface area contributed by atoms with Gasteiger partial charge in [-0.15, -0.1) is 0 Å². The monoisotopic (exact) mass is 436 g/mol. The number of rotatable bonds is 5. The quantitative estimate of drug-likeness (QED) is 0.467. The Morgan fingerprint density at radius 1 is 1.25 bits per heavy atom. The van der Waals surface area contributed by atoms with Crippen LogP contribution in [0.25, 0.3) is 11.0 Å². The first-order chi connectivity index (χ1) is 15.3. The van der Waals surface area contributed by atoms with E-state index in [-0.39, 0.29) is 11.9 Å². The number of para-hydroxylation sites is 1. The number of hydrogen-bond acceptors (Lipinski definition) is 7. The molecule has 1 fully saturated rings. The van der Waals surface area contributed by atoms with Crippen LogP contribution in [0.3, 0.4) is 0 Å². The molecule has 2 unspecified atom stereocenters. The van der Waals surface area contributed by atoms with Gasteiger partial charge < -0.3 is 24.4 Å². The second-order valence-electron chi connectivity index (χ2n) is 8.48. The summed E-state index contributed by atoms with van der Waals surface area (Å²) in [5, 5.41) is 6.15. The van der Waals surface area contributed by atoms with E-state index in [0.29, 0.717) is 12.8 Å². The number of furan rings is 1. The number of amides is 2. The van der Waals surface area contributed by atoms with Crippen LogP contribution in [0.1, 0.15) is 32.8 Å². The molecule has 0 saturated carbocycles. The molecular weight excluding hydrogens is 411 g/mol. The smallest absolute Gasteiger partial charge is 0.464 e. The predicted molar refractivity (Wildman–Crippen MR) is 119 cm³/mol. The topological polar surface area (TPSA) is 116 Å². The first-order valence-electron chi connectivity index (χ1n) is 10.5. The number of fused-ring (bicyclic) bond motifs is 1. The highest BCUT2D eigenvalue weighted by Gasteiger charge is 2.43. The molecule has 2 amide bonds. The number of benzene rings is 1. The van der Waals surface area contributed by atoms with Crippen LogP contribution in [0.2, 0.25) is 0 Å². The third kappa shape index (κ3) is 5.15. The summed E-state index contributed by atoms with van der Waals surface area (Å²) < 4.78 is 17.8. The average Bonchev–Trinajstić information content (AvgIpc) is 3.15. The van der Waals surface area contributed by atoms with Gasteiger partial charge in [-0.25, -0.2) is 4.98 Å². The van der Waals surface area contributed by atoms with Gasteiger partial charge in [0.1, 0.15) is 5.58 Å². The van der Waals surface area contributed by atoms with Gasteiger partial charge in [-0.2, -0.15) is 0 Å². The van der Waals surface area contributed by atoms with Gasteiger partial charge in [0.2, 0.25) is 0 Å². The largest absolute Gasteiger partial charge is 0.481 e. The Morgan fingerprint density at radius 3 is 2.81 bits per heavy atom. The van der Waals surface area contributed by atoms with Crippen LogP contribution < -0.4 is 10.6 Å². The lowest BCUT2D eigenvalue weighted by Gasteiger charge is -2.40. The highest BCUT2D eigenvalue weighted by Crippen LogP contribution is 2.29. The van der Waals surface area contributed by atoms with Crippen LogP contribution in [-0.4, -0.2) is 46.5 Å². The van der Waals surface area contributed by atoms with E-state index >= 15 is 0 Å². The molecule has 0 aliphatic carbocycles. The van der Waals surface area contributed by atoms with Crippen LogP contribution in [0.15, 0.2) is 53.5 Å². The number of carbonyl (C=O) groups is 2. The molecule has 166 valence electrons. The number of nitrogens with one attached hydrogen (secondary N) is 2. The second-order valence-corrected chi connectivity index (χ2v) is 8.48. The first-order valence-corrected chi connectivity index (χ1v) is 10.5. The maximum atomic E-state index is 12.7. The maximum Gasteiger partial charge on any atom is 0.481 e. The molecule has 3 aromatic rings. The summed E-state index contributed by atoms with van der Waals surface area (Å²) in [5.74, 6) is -2.12. The molecule has 3 heterocycles. The van der Waals surface area contributed by atoms with Gasteiger partial charge in [-0.3, -0.25) is 14.6 Å². The minimum atomic E-state index is -0.851. The molecule has 2 aromatic heterocycles. The fourth-order valence-corrected chi connectivity index (χ4v) is 3.95. The van der Waals surface area contributed by atoms with Crippen LogP contribution in [0, 0.1) is 0 Å². The molecule has 0 radical (unpaired) electrons. The van der Waals surface area contributed by atoms with Crippen molar-refractivity contribution >= 4 is 35.7 Å². The van der Waals surface area contributed by atoms with Crippen molar-refractivity contribution in [2.75, 3.05) is 5.32 Å². The fraction of sp³-hybridized carbons (Fsp3) is 0.364. The summed E-state index contributed by atoms with van der Waals surface area (Å²) in [7, 11) is -0.740. The van der Waals surface area contributed by atoms with Gasteiger partial charge in [-0.1, -0.05) is 18.2 Å². The Labute approximate surface area is 186 Å². The highest BCUT2D eigenvalue weighted by atomic mass is 16.6. The molecule has 0 bridgehead atoms. The van der Waals surface area contributed by atoms with Crippen molar-refractivity contribution in [3.8, 4) is 0 Å². The number of carbonyl (C=O) groups excluding carboxylic acids is 2. The van der Waals surface area contributed by atoms with E-state index in [1.165, 1.54) is 18.6 Å². The Balaban J connectivity index is 1.55. The molecule has 1 aromatic carbocycles. The maximum absolute atomic E-state index is 12.7. The standard InChI is InChI=1S/C22H25BN4O5/c1-14-11-22(2,3)32-23(31-14)18(10-15-13-30-17-7-5-4-6-16(15)17)26-20(28)21(29)27-19-12-24-8-9-25-19/h4-9,12-14,18H,10-11H2,1-3H3,(H,26,28)(H,25,27,29). The third-order valence-corrected chi connectivity index (χ3v) is 5.24. The van der Waals surface area contributed by atoms with Crippen molar-refractivity contribution in [1.82, 2.24) is 15.3 Å². The van der Waals surface area contributed by atoms with Crippen molar-refractivity contribution < 1.29 is 23.3 Å².